The van der Waals surface area contributed by atoms with E-state index in [4.69, 9.17) is 4.74 Å². The van der Waals surface area contributed by atoms with Gasteiger partial charge in [0.15, 0.2) is 6.29 Å². The second-order valence-electron chi connectivity index (χ2n) is 6.45. The summed E-state index contributed by atoms with van der Waals surface area (Å²) in [6.45, 7) is 0. The molecule has 3 heteroatoms. The molecule has 0 saturated heterocycles. The maximum Gasteiger partial charge on any atom is 0.182 e. The average molecular weight is 296 g/mol. The fourth-order valence-electron chi connectivity index (χ4n) is 3.12. The lowest BCUT2D eigenvalue weighted by Gasteiger charge is -2.06. The van der Waals surface area contributed by atoms with Crippen molar-refractivity contribution < 1.29 is 14.9 Å². The van der Waals surface area contributed by atoms with Crippen LogP contribution in [0.3, 0.4) is 0 Å². The number of rotatable bonds is 1. The van der Waals surface area contributed by atoms with Gasteiger partial charge in [-0.3, -0.25) is 0 Å². The molecule has 3 aliphatic rings. The maximum absolute atomic E-state index is 9.60. The predicted molar refractivity (Wildman–Crippen MR) is 83.0 cm³/mol. The van der Waals surface area contributed by atoms with Gasteiger partial charge in [0.25, 0.3) is 0 Å². The number of ether oxygens (including phenoxy) is 1. The number of hydrogen-bond acceptors (Lipinski definition) is 3. The molecule has 2 aromatic carbocycles. The van der Waals surface area contributed by atoms with E-state index in [-0.39, 0.29) is 5.60 Å². The van der Waals surface area contributed by atoms with Gasteiger partial charge in [-0.1, -0.05) is 54.6 Å². The molecule has 114 valence electrons. The smallest absolute Gasteiger partial charge is 0.182 e. The lowest BCUT2D eigenvalue weighted by atomic mass is 10.0. The topological polar surface area (TPSA) is 49.7 Å². The minimum atomic E-state index is -0.691. The highest BCUT2D eigenvalue weighted by atomic mass is 16.6. The summed E-state index contributed by atoms with van der Waals surface area (Å²) >= 11 is 0. The molecule has 2 fully saturated rings. The van der Waals surface area contributed by atoms with E-state index >= 15 is 0 Å². The van der Waals surface area contributed by atoms with E-state index in [1.807, 2.05) is 48.5 Å². The standard InChI is InChI=1S/C10H10O2.C9H10O/c11-9-7-3-1-2-4-8(7)10(12-9)5-6-10;10-9(6-7-9)8-4-2-1-3-5-8/h1-4,9,11H,5-6H2;1-5,10H,6-7H2. The van der Waals surface area contributed by atoms with Crippen molar-refractivity contribution in [3.05, 3.63) is 71.3 Å². The Kier molecular flexibility index (Phi) is 3.12. The zero-order valence-corrected chi connectivity index (χ0v) is 12.4. The van der Waals surface area contributed by atoms with Crippen LogP contribution in [0.4, 0.5) is 0 Å². The van der Waals surface area contributed by atoms with E-state index in [1.54, 1.807) is 0 Å². The molecule has 2 aliphatic carbocycles. The third-order valence-corrected chi connectivity index (χ3v) is 4.79. The Morgan fingerprint density at radius 1 is 0.864 bits per heavy atom. The Labute approximate surface area is 130 Å². The van der Waals surface area contributed by atoms with Crippen LogP contribution in [0.5, 0.6) is 0 Å². The minimum absolute atomic E-state index is 0.101. The van der Waals surface area contributed by atoms with E-state index < -0.39 is 11.9 Å². The van der Waals surface area contributed by atoms with Crippen molar-refractivity contribution in [1.29, 1.82) is 0 Å². The van der Waals surface area contributed by atoms with Crippen LogP contribution in [-0.4, -0.2) is 10.2 Å². The number of benzene rings is 2. The fraction of sp³-hybridized carbons (Fsp3) is 0.368. The number of aliphatic hydroxyl groups is 2. The molecule has 1 atom stereocenters. The SMILES string of the molecule is OC1(c2ccccc2)CC1.OC1OC2(CC2)c2ccccc21. The van der Waals surface area contributed by atoms with Crippen LogP contribution in [0, 0.1) is 0 Å². The largest absolute Gasteiger partial charge is 0.385 e. The molecule has 5 rings (SSSR count). The second-order valence-corrected chi connectivity index (χ2v) is 6.45. The molecule has 0 amide bonds. The van der Waals surface area contributed by atoms with E-state index in [0.29, 0.717) is 0 Å². The summed E-state index contributed by atoms with van der Waals surface area (Å²) in [5, 5.41) is 19.1. The predicted octanol–water partition coefficient (Wildman–Crippen LogP) is 3.36. The first kappa shape index (κ1) is 13.9. The first-order chi connectivity index (χ1) is 10.6. The summed E-state index contributed by atoms with van der Waals surface area (Å²) in [5.41, 5.74) is 2.65. The van der Waals surface area contributed by atoms with Gasteiger partial charge in [0.05, 0.1) is 11.2 Å². The lowest BCUT2D eigenvalue weighted by Crippen LogP contribution is -2.03. The summed E-state index contributed by atoms with van der Waals surface area (Å²) in [6.07, 6.45) is 3.28. The Morgan fingerprint density at radius 2 is 1.50 bits per heavy atom. The molecule has 0 radical (unpaired) electrons. The van der Waals surface area contributed by atoms with Gasteiger partial charge in [0.1, 0.15) is 0 Å². The van der Waals surface area contributed by atoms with Crippen LogP contribution >= 0.6 is 0 Å². The van der Waals surface area contributed by atoms with Crippen molar-refractivity contribution in [1.82, 2.24) is 0 Å². The Hall–Kier alpha value is -1.68. The summed E-state index contributed by atoms with van der Waals surface area (Å²) in [5.74, 6) is 0. The molecule has 0 bridgehead atoms. The van der Waals surface area contributed by atoms with E-state index in [9.17, 15) is 10.2 Å². The Balaban J connectivity index is 0.000000116. The summed E-state index contributed by atoms with van der Waals surface area (Å²) in [6, 6.07) is 17.8. The fourth-order valence-corrected chi connectivity index (χ4v) is 3.12. The highest BCUT2D eigenvalue weighted by molar-refractivity contribution is 5.40. The molecule has 1 spiro atoms. The molecule has 2 N–H and O–H groups in total. The quantitative estimate of drug-likeness (QED) is 0.848. The van der Waals surface area contributed by atoms with E-state index in [2.05, 4.69) is 6.07 Å². The Morgan fingerprint density at radius 3 is 2.14 bits per heavy atom. The summed E-state index contributed by atoms with van der Waals surface area (Å²) in [4.78, 5) is 0. The van der Waals surface area contributed by atoms with Crippen molar-refractivity contribution in [3.63, 3.8) is 0 Å². The minimum Gasteiger partial charge on any atom is -0.385 e. The van der Waals surface area contributed by atoms with Crippen LogP contribution in [0.2, 0.25) is 0 Å². The zero-order valence-electron chi connectivity index (χ0n) is 12.4. The van der Waals surface area contributed by atoms with Gasteiger partial charge < -0.3 is 14.9 Å². The van der Waals surface area contributed by atoms with Gasteiger partial charge in [-0.25, -0.2) is 0 Å². The van der Waals surface area contributed by atoms with Crippen LogP contribution in [0.15, 0.2) is 54.6 Å². The molecular formula is C19H20O3. The highest BCUT2D eigenvalue weighted by Gasteiger charge is 2.53. The molecule has 1 heterocycles. The van der Waals surface area contributed by atoms with Gasteiger partial charge in [-0.2, -0.15) is 0 Å². The number of aliphatic hydroxyl groups excluding tert-OH is 1. The third-order valence-electron chi connectivity index (χ3n) is 4.79. The van der Waals surface area contributed by atoms with Crippen molar-refractivity contribution in [3.8, 4) is 0 Å². The van der Waals surface area contributed by atoms with Crippen LogP contribution in [-0.2, 0) is 15.9 Å². The molecule has 0 aromatic heterocycles. The lowest BCUT2D eigenvalue weighted by molar-refractivity contribution is -0.132. The van der Waals surface area contributed by atoms with Gasteiger partial charge in [0, 0.05) is 5.56 Å². The molecular weight excluding hydrogens is 276 g/mol. The first-order valence-corrected chi connectivity index (χ1v) is 7.86. The molecule has 22 heavy (non-hydrogen) atoms. The average Bonchev–Trinajstić information content (AvgIpc) is 3.46. The van der Waals surface area contributed by atoms with Gasteiger partial charge in [0.2, 0.25) is 0 Å². The van der Waals surface area contributed by atoms with Crippen LogP contribution in [0.1, 0.15) is 48.7 Å². The van der Waals surface area contributed by atoms with E-state index in [0.717, 1.165) is 36.8 Å². The first-order valence-electron chi connectivity index (χ1n) is 7.86. The maximum atomic E-state index is 9.60. The highest BCUT2D eigenvalue weighted by Crippen LogP contribution is 2.57. The monoisotopic (exact) mass is 296 g/mol. The number of fused-ring (bicyclic) bond motifs is 2. The van der Waals surface area contributed by atoms with E-state index in [1.165, 1.54) is 5.56 Å². The Bertz CT molecular complexity index is 672. The van der Waals surface area contributed by atoms with Crippen LogP contribution < -0.4 is 0 Å². The molecule has 2 aromatic rings. The third kappa shape index (κ3) is 2.35. The number of hydrogen-bond donors (Lipinski definition) is 2. The molecule has 3 nitrogen and oxygen atoms in total. The molecule has 2 saturated carbocycles. The van der Waals surface area contributed by atoms with Crippen molar-refractivity contribution in [2.45, 2.75) is 43.2 Å². The van der Waals surface area contributed by atoms with Gasteiger partial charge in [-0.15, -0.1) is 0 Å². The van der Waals surface area contributed by atoms with Crippen molar-refractivity contribution >= 4 is 0 Å². The van der Waals surface area contributed by atoms with Crippen LogP contribution in [0.25, 0.3) is 0 Å². The van der Waals surface area contributed by atoms with Crippen molar-refractivity contribution in [2.75, 3.05) is 0 Å². The second kappa shape index (κ2) is 4.92. The molecule has 1 aliphatic heterocycles. The zero-order chi connectivity index (χ0) is 15.2. The summed E-state index contributed by atoms with van der Waals surface area (Å²) in [7, 11) is 0. The van der Waals surface area contributed by atoms with Crippen molar-refractivity contribution in [2.24, 2.45) is 0 Å². The molecule has 1 unspecified atom stereocenters. The van der Waals surface area contributed by atoms with Gasteiger partial charge >= 0.3 is 0 Å². The summed E-state index contributed by atoms with van der Waals surface area (Å²) < 4.78 is 5.49. The van der Waals surface area contributed by atoms with Gasteiger partial charge in [-0.05, 0) is 36.8 Å². The normalized spacial score (nSPS) is 25.1.